The van der Waals surface area contributed by atoms with Crippen molar-refractivity contribution in [3.63, 3.8) is 0 Å². The average molecular weight is 507 g/mol. The zero-order valence-corrected chi connectivity index (χ0v) is 20.6. The minimum atomic E-state index is -0.494. The van der Waals surface area contributed by atoms with Crippen molar-refractivity contribution in [1.29, 1.82) is 0 Å². The van der Waals surface area contributed by atoms with Gasteiger partial charge in [0.1, 0.15) is 17.3 Å². The average Bonchev–Trinajstić information content (AvgIpc) is 3.25. The number of aryl methyl sites for hydroxylation is 1. The summed E-state index contributed by atoms with van der Waals surface area (Å²) in [7, 11) is 3.04. The van der Waals surface area contributed by atoms with Crippen LogP contribution in [0.5, 0.6) is 11.5 Å². The number of anilines is 1. The lowest BCUT2D eigenvalue weighted by atomic mass is 9.93. The van der Waals surface area contributed by atoms with Crippen LogP contribution in [0.25, 0.3) is 0 Å². The fourth-order valence-electron chi connectivity index (χ4n) is 4.17. The van der Waals surface area contributed by atoms with Crippen LogP contribution in [0.1, 0.15) is 45.8 Å². The summed E-state index contributed by atoms with van der Waals surface area (Å²) in [6.45, 7) is 1.78. The van der Waals surface area contributed by atoms with E-state index in [-0.39, 0.29) is 23.8 Å². The number of nitrogens with zero attached hydrogens (tertiary/aromatic N) is 2. The molecule has 3 aromatic rings. The second kappa shape index (κ2) is 10.9. The molecule has 1 aliphatic carbocycles. The standard InChI is InChI=1S/C26H26N4O7/c1-15-24-20(28-29-23(31)13-16-7-9-17(10-8-16)30(33)34)5-4-6-21(24)37-25(15)26(32)27-19-12-11-18(35-2)14-22(19)36-3/h7-12,14H,4-6,13H2,1-3H3,(H,27,32)(H,29,31)/b28-20+. The lowest BCUT2D eigenvalue weighted by Gasteiger charge is -2.13. The number of hydrogen-bond donors (Lipinski definition) is 2. The van der Waals surface area contributed by atoms with Gasteiger partial charge in [-0.2, -0.15) is 5.10 Å². The number of nitro benzene ring substituents is 1. The number of carbonyl (C=O) groups excluding carboxylic acids is 2. The summed E-state index contributed by atoms with van der Waals surface area (Å²) >= 11 is 0. The Labute approximate surface area is 212 Å². The molecule has 0 unspecified atom stereocenters. The summed E-state index contributed by atoms with van der Waals surface area (Å²) in [5, 5.41) is 17.9. The number of hydrogen-bond acceptors (Lipinski definition) is 8. The van der Waals surface area contributed by atoms with E-state index < -0.39 is 10.8 Å². The van der Waals surface area contributed by atoms with Crippen LogP contribution in [0, 0.1) is 17.0 Å². The van der Waals surface area contributed by atoms with E-state index in [0.29, 0.717) is 58.2 Å². The number of non-ortho nitro benzene ring substituents is 1. The van der Waals surface area contributed by atoms with Gasteiger partial charge in [0, 0.05) is 35.7 Å². The Bertz CT molecular complexity index is 1380. The second-order valence-corrected chi connectivity index (χ2v) is 8.42. The fraction of sp³-hybridized carbons (Fsp3) is 0.269. The molecule has 0 spiro atoms. The third-order valence-corrected chi connectivity index (χ3v) is 6.02. The van der Waals surface area contributed by atoms with E-state index in [1.165, 1.54) is 31.4 Å². The Morgan fingerprint density at radius 2 is 1.86 bits per heavy atom. The van der Waals surface area contributed by atoms with Gasteiger partial charge in [0.15, 0.2) is 5.76 Å². The van der Waals surface area contributed by atoms with Crippen molar-refractivity contribution in [2.24, 2.45) is 5.10 Å². The Kier molecular flexibility index (Phi) is 7.52. The highest BCUT2D eigenvalue weighted by Crippen LogP contribution is 2.32. The maximum absolute atomic E-state index is 13.1. The van der Waals surface area contributed by atoms with Gasteiger partial charge in [0.05, 0.1) is 37.0 Å². The molecule has 0 atom stereocenters. The summed E-state index contributed by atoms with van der Waals surface area (Å²) in [5.74, 6) is 1.04. The molecule has 0 radical (unpaired) electrons. The van der Waals surface area contributed by atoms with Crippen molar-refractivity contribution in [2.45, 2.75) is 32.6 Å². The highest BCUT2D eigenvalue weighted by Gasteiger charge is 2.28. The number of methoxy groups -OCH3 is 2. The van der Waals surface area contributed by atoms with Crippen molar-refractivity contribution in [3.05, 3.63) is 80.8 Å². The zero-order valence-electron chi connectivity index (χ0n) is 20.6. The summed E-state index contributed by atoms with van der Waals surface area (Å²) < 4.78 is 16.5. The molecular weight excluding hydrogens is 480 g/mol. The summed E-state index contributed by atoms with van der Waals surface area (Å²) in [6.07, 6.45) is 2.03. The number of benzene rings is 2. The van der Waals surface area contributed by atoms with Gasteiger partial charge in [-0.3, -0.25) is 19.7 Å². The molecule has 0 aliphatic heterocycles. The van der Waals surface area contributed by atoms with Gasteiger partial charge in [-0.05, 0) is 37.5 Å². The van der Waals surface area contributed by atoms with E-state index in [9.17, 15) is 19.7 Å². The number of fused-ring (bicyclic) bond motifs is 1. The van der Waals surface area contributed by atoms with Crippen LogP contribution in [0.4, 0.5) is 11.4 Å². The SMILES string of the molecule is COc1ccc(NC(=O)c2oc3c(c2C)/C(=N/NC(=O)Cc2ccc([N+](=O)[O-])cc2)CCC3)c(OC)c1. The van der Waals surface area contributed by atoms with Gasteiger partial charge in [0.25, 0.3) is 11.6 Å². The quantitative estimate of drug-likeness (QED) is 0.344. The van der Waals surface area contributed by atoms with E-state index in [1.54, 1.807) is 32.2 Å². The minimum absolute atomic E-state index is 0.0172. The lowest BCUT2D eigenvalue weighted by Crippen LogP contribution is -2.23. The summed E-state index contributed by atoms with van der Waals surface area (Å²) in [4.78, 5) is 35.8. The van der Waals surface area contributed by atoms with Crippen molar-refractivity contribution >= 4 is 28.9 Å². The minimum Gasteiger partial charge on any atom is -0.497 e. The molecule has 1 heterocycles. The van der Waals surface area contributed by atoms with E-state index >= 15 is 0 Å². The normalized spacial score (nSPS) is 13.5. The smallest absolute Gasteiger partial charge is 0.291 e. The Balaban J connectivity index is 1.49. The van der Waals surface area contributed by atoms with Gasteiger partial charge in [-0.1, -0.05) is 12.1 Å². The fourth-order valence-corrected chi connectivity index (χ4v) is 4.17. The lowest BCUT2D eigenvalue weighted by molar-refractivity contribution is -0.384. The van der Waals surface area contributed by atoms with Crippen LogP contribution in [0.3, 0.4) is 0 Å². The first kappa shape index (κ1) is 25.4. The molecule has 11 heteroatoms. The number of amides is 2. The highest BCUT2D eigenvalue weighted by atomic mass is 16.6. The third kappa shape index (κ3) is 5.61. The number of nitro groups is 1. The largest absolute Gasteiger partial charge is 0.497 e. The summed E-state index contributed by atoms with van der Waals surface area (Å²) in [6, 6.07) is 10.8. The Morgan fingerprint density at radius 1 is 1.11 bits per heavy atom. The number of rotatable bonds is 8. The first-order chi connectivity index (χ1) is 17.8. The Hall–Kier alpha value is -4.67. The molecule has 0 bridgehead atoms. The van der Waals surface area contributed by atoms with Crippen molar-refractivity contribution < 1.29 is 28.4 Å². The molecule has 0 fully saturated rings. The van der Waals surface area contributed by atoms with Crippen LogP contribution in [-0.4, -0.2) is 36.7 Å². The second-order valence-electron chi connectivity index (χ2n) is 8.42. The molecule has 2 amide bonds. The molecule has 1 aliphatic rings. The van der Waals surface area contributed by atoms with Gasteiger partial charge in [0.2, 0.25) is 5.91 Å². The van der Waals surface area contributed by atoms with Crippen LogP contribution < -0.4 is 20.2 Å². The van der Waals surface area contributed by atoms with Crippen LogP contribution in [-0.2, 0) is 17.6 Å². The van der Waals surface area contributed by atoms with Crippen molar-refractivity contribution in [2.75, 3.05) is 19.5 Å². The molecule has 2 N–H and O–H groups in total. The maximum Gasteiger partial charge on any atom is 0.291 e. The van der Waals surface area contributed by atoms with Crippen LogP contribution in [0.2, 0.25) is 0 Å². The predicted molar refractivity (Wildman–Crippen MR) is 135 cm³/mol. The monoisotopic (exact) mass is 506 g/mol. The highest BCUT2D eigenvalue weighted by molar-refractivity contribution is 6.09. The van der Waals surface area contributed by atoms with E-state index in [1.807, 2.05) is 0 Å². The number of furan rings is 1. The van der Waals surface area contributed by atoms with E-state index in [2.05, 4.69) is 15.8 Å². The van der Waals surface area contributed by atoms with Crippen molar-refractivity contribution in [3.8, 4) is 11.5 Å². The first-order valence-corrected chi connectivity index (χ1v) is 11.6. The number of ether oxygens (including phenoxy) is 2. The molecule has 192 valence electrons. The molecule has 11 nitrogen and oxygen atoms in total. The number of carbonyl (C=O) groups is 2. The zero-order chi connectivity index (χ0) is 26.5. The van der Waals surface area contributed by atoms with Gasteiger partial charge >= 0.3 is 0 Å². The van der Waals surface area contributed by atoms with Gasteiger partial charge in [-0.15, -0.1) is 0 Å². The molecule has 2 aromatic carbocycles. The molecule has 0 saturated carbocycles. The topological polar surface area (TPSA) is 145 Å². The number of nitrogens with one attached hydrogen (secondary N) is 2. The van der Waals surface area contributed by atoms with Crippen molar-refractivity contribution in [1.82, 2.24) is 5.43 Å². The molecule has 4 rings (SSSR count). The van der Waals surface area contributed by atoms with E-state index in [4.69, 9.17) is 13.9 Å². The van der Waals surface area contributed by atoms with Gasteiger partial charge < -0.3 is 19.2 Å². The van der Waals surface area contributed by atoms with Crippen LogP contribution in [0.15, 0.2) is 52.0 Å². The molecule has 1 aromatic heterocycles. The molecule has 37 heavy (non-hydrogen) atoms. The summed E-state index contributed by atoms with van der Waals surface area (Å²) in [5.41, 5.74) is 5.58. The van der Waals surface area contributed by atoms with Crippen LogP contribution >= 0.6 is 0 Å². The molecule has 0 saturated heterocycles. The first-order valence-electron chi connectivity index (χ1n) is 11.6. The Morgan fingerprint density at radius 3 is 2.54 bits per heavy atom. The predicted octanol–water partition coefficient (Wildman–Crippen LogP) is 4.17. The number of hydrazone groups is 1. The van der Waals surface area contributed by atoms with Gasteiger partial charge in [-0.25, -0.2) is 5.43 Å². The molecular formula is C26H26N4O7. The third-order valence-electron chi connectivity index (χ3n) is 6.02. The van der Waals surface area contributed by atoms with E-state index in [0.717, 1.165) is 6.42 Å². The maximum atomic E-state index is 13.1.